The van der Waals surface area contributed by atoms with Crippen molar-refractivity contribution >= 4 is 29.0 Å². The third-order valence-electron chi connectivity index (χ3n) is 2.44. The van der Waals surface area contributed by atoms with Gasteiger partial charge < -0.3 is 10.2 Å². The number of nitrogens with one attached hydrogen (secondary N) is 1. The highest BCUT2D eigenvalue weighted by Crippen LogP contribution is 2.30. The summed E-state index contributed by atoms with van der Waals surface area (Å²) in [5.41, 5.74) is 1.37. The van der Waals surface area contributed by atoms with Crippen molar-refractivity contribution in [2.75, 3.05) is 23.3 Å². The Balaban J connectivity index is 2.47. The second kappa shape index (κ2) is 4.25. The molecule has 0 fully saturated rings. The SMILES string of the molecule is CCCN1CC(=O)Nc2c(C)nc(Cl)nc21. The van der Waals surface area contributed by atoms with E-state index in [1.54, 1.807) is 0 Å². The molecule has 0 radical (unpaired) electrons. The maximum atomic E-state index is 11.5. The fourth-order valence-corrected chi connectivity index (χ4v) is 1.99. The van der Waals surface area contributed by atoms with Gasteiger partial charge in [0, 0.05) is 6.54 Å². The van der Waals surface area contributed by atoms with Gasteiger partial charge in [0.1, 0.15) is 5.69 Å². The average molecular weight is 241 g/mol. The molecule has 0 bridgehead atoms. The zero-order valence-corrected chi connectivity index (χ0v) is 10.0. The van der Waals surface area contributed by atoms with E-state index in [0.717, 1.165) is 18.8 Å². The van der Waals surface area contributed by atoms with Gasteiger partial charge in [-0.2, -0.15) is 4.98 Å². The number of anilines is 2. The van der Waals surface area contributed by atoms with Crippen LogP contribution in [0.15, 0.2) is 0 Å². The van der Waals surface area contributed by atoms with Crippen LogP contribution in [0.4, 0.5) is 11.5 Å². The minimum Gasteiger partial charge on any atom is -0.345 e. The Morgan fingerprint density at radius 3 is 2.94 bits per heavy atom. The van der Waals surface area contributed by atoms with E-state index in [-0.39, 0.29) is 11.2 Å². The molecule has 1 aromatic rings. The number of amides is 1. The molecule has 0 unspecified atom stereocenters. The number of aryl methyl sites for hydroxylation is 1. The number of aromatic nitrogens is 2. The van der Waals surface area contributed by atoms with E-state index in [9.17, 15) is 4.79 Å². The molecular formula is C10H13ClN4O. The highest BCUT2D eigenvalue weighted by molar-refractivity contribution is 6.28. The smallest absolute Gasteiger partial charge is 0.244 e. The molecule has 1 aliphatic rings. The highest BCUT2D eigenvalue weighted by atomic mass is 35.5. The molecule has 1 amide bonds. The minimum absolute atomic E-state index is 0.0324. The summed E-state index contributed by atoms with van der Waals surface area (Å²) in [5, 5.41) is 3.00. The van der Waals surface area contributed by atoms with Gasteiger partial charge in [-0.1, -0.05) is 6.92 Å². The summed E-state index contributed by atoms with van der Waals surface area (Å²) in [6, 6.07) is 0. The Bertz CT molecular complexity index is 435. The molecule has 0 spiro atoms. The van der Waals surface area contributed by atoms with E-state index in [1.165, 1.54) is 0 Å². The van der Waals surface area contributed by atoms with E-state index in [2.05, 4.69) is 22.2 Å². The van der Waals surface area contributed by atoms with Crippen molar-refractivity contribution in [3.8, 4) is 0 Å². The monoisotopic (exact) mass is 240 g/mol. The van der Waals surface area contributed by atoms with E-state index < -0.39 is 0 Å². The fraction of sp³-hybridized carbons (Fsp3) is 0.500. The summed E-state index contributed by atoms with van der Waals surface area (Å²) >= 11 is 5.82. The van der Waals surface area contributed by atoms with Crippen molar-refractivity contribution in [3.63, 3.8) is 0 Å². The van der Waals surface area contributed by atoms with Gasteiger partial charge in [-0.05, 0) is 24.9 Å². The fourth-order valence-electron chi connectivity index (χ4n) is 1.78. The standard InChI is InChI=1S/C10H13ClN4O/c1-3-4-15-5-7(16)13-8-6(2)12-10(11)14-9(8)15/h3-5H2,1-2H3,(H,13,16). The van der Waals surface area contributed by atoms with Gasteiger partial charge >= 0.3 is 0 Å². The lowest BCUT2D eigenvalue weighted by atomic mass is 10.2. The summed E-state index contributed by atoms with van der Waals surface area (Å²) in [6.45, 7) is 4.98. The molecule has 1 aliphatic heterocycles. The zero-order chi connectivity index (χ0) is 11.7. The Morgan fingerprint density at radius 2 is 2.25 bits per heavy atom. The molecule has 86 valence electrons. The molecule has 0 aromatic carbocycles. The molecule has 6 heteroatoms. The molecule has 1 N–H and O–H groups in total. The zero-order valence-electron chi connectivity index (χ0n) is 9.25. The maximum absolute atomic E-state index is 11.5. The first-order chi connectivity index (χ1) is 7.61. The number of rotatable bonds is 2. The number of carbonyl (C=O) groups excluding carboxylic acids is 1. The number of halogens is 1. The molecule has 16 heavy (non-hydrogen) atoms. The van der Waals surface area contributed by atoms with Crippen molar-refractivity contribution < 1.29 is 4.79 Å². The number of nitrogens with zero attached hydrogens (tertiary/aromatic N) is 3. The van der Waals surface area contributed by atoms with Crippen LogP contribution < -0.4 is 10.2 Å². The molecule has 1 aromatic heterocycles. The molecule has 0 atom stereocenters. The van der Waals surface area contributed by atoms with Crippen LogP contribution in [0, 0.1) is 6.92 Å². The van der Waals surface area contributed by atoms with Crippen molar-refractivity contribution in [2.24, 2.45) is 0 Å². The predicted molar refractivity (Wildman–Crippen MR) is 62.9 cm³/mol. The van der Waals surface area contributed by atoms with E-state index in [4.69, 9.17) is 11.6 Å². The lowest BCUT2D eigenvalue weighted by Crippen LogP contribution is -2.39. The highest BCUT2D eigenvalue weighted by Gasteiger charge is 2.25. The third kappa shape index (κ3) is 1.95. The Labute approximate surface area is 98.8 Å². The number of hydrogen-bond acceptors (Lipinski definition) is 4. The summed E-state index contributed by atoms with van der Waals surface area (Å²) < 4.78 is 0. The first-order valence-electron chi connectivity index (χ1n) is 5.20. The predicted octanol–water partition coefficient (Wildman–Crippen LogP) is 1.61. The van der Waals surface area contributed by atoms with Crippen LogP contribution in [0.5, 0.6) is 0 Å². The normalized spacial score (nSPS) is 14.7. The Hall–Kier alpha value is -1.36. The summed E-state index contributed by atoms with van der Waals surface area (Å²) in [5.74, 6) is 0.689. The minimum atomic E-state index is -0.0324. The number of carbonyl (C=O) groups is 1. The number of hydrogen-bond donors (Lipinski definition) is 1. The third-order valence-corrected chi connectivity index (χ3v) is 2.60. The van der Waals surface area contributed by atoms with Crippen molar-refractivity contribution in [2.45, 2.75) is 20.3 Å². The molecular weight excluding hydrogens is 228 g/mol. The summed E-state index contributed by atoms with van der Waals surface area (Å²) in [6.07, 6.45) is 0.952. The van der Waals surface area contributed by atoms with Gasteiger partial charge in [0.2, 0.25) is 11.2 Å². The molecule has 0 aliphatic carbocycles. The van der Waals surface area contributed by atoms with E-state index in [1.807, 2.05) is 11.8 Å². The van der Waals surface area contributed by atoms with Gasteiger partial charge in [0.05, 0.1) is 12.2 Å². The molecule has 2 heterocycles. The molecule has 0 saturated carbocycles. The van der Waals surface area contributed by atoms with Crippen LogP contribution in [0.1, 0.15) is 19.0 Å². The van der Waals surface area contributed by atoms with Gasteiger partial charge in [-0.25, -0.2) is 4.98 Å². The van der Waals surface area contributed by atoms with Crippen molar-refractivity contribution in [1.29, 1.82) is 0 Å². The Morgan fingerprint density at radius 1 is 1.50 bits per heavy atom. The summed E-state index contributed by atoms with van der Waals surface area (Å²) in [4.78, 5) is 21.6. The van der Waals surface area contributed by atoms with Crippen LogP contribution in [-0.4, -0.2) is 29.0 Å². The quantitative estimate of drug-likeness (QED) is 0.798. The van der Waals surface area contributed by atoms with Crippen molar-refractivity contribution in [1.82, 2.24) is 9.97 Å². The van der Waals surface area contributed by atoms with Crippen LogP contribution >= 0.6 is 11.6 Å². The number of fused-ring (bicyclic) bond motifs is 1. The van der Waals surface area contributed by atoms with Crippen LogP contribution in [-0.2, 0) is 4.79 Å². The maximum Gasteiger partial charge on any atom is 0.244 e. The molecule has 0 saturated heterocycles. The second-order valence-corrected chi connectivity index (χ2v) is 4.08. The second-order valence-electron chi connectivity index (χ2n) is 3.75. The van der Waals surface area contributed by atoms with Gasteiger partial charge in [-0.15, -0.1) is 0 Å². The summed E-state index contributed by atoms with van der Waals surface area (Å²) in [7, 11) is 0. The topological polar surface area (TPSA) is 58.1 Å². The van der Waals surface area contributed by atoms with Crippen LogP contribution in [0.25, 0.3) is 0 Å². The Kier molecular flexibility index (Phi) is 2.96. The van der Waals surface area contributed by atoms with Crippen LogP contribution in [0.2, 0.25) is 5.28 Å². The molecule has 2 rings (SSSR count). The van der Waals surface area contributed by atoms with Gasteiger partial charge in [0.15, 0.2) is 5.82 Å². The average Bonchev–Trinajstić information content (AvgIpc) is 2.20. The van der Waals surface area contributed by atoms with Gasteiger partial charge in [-0.3, -0.25) is 4.79 Å². The van der Waals surface area contributed by atoms with Crippen molar-refractivity contribution in [3.05, 3.63) is 11.0 Å². The first-order valence-corrected chi connectivity index (χ1v) is 5.58. The lowest BCUT2D eigenvalue weighted by Gasteiger charge is -2.29. The lowest BCUT2D eigenvalue weighted by molar-refractivity contribution is -0.115. The van der Waals surface area contributed by atoms with Crippen LogP contribution in [0.3, 0.4) is 0 Å². The van der Waals surface area contributed by atoms with Gasteiger partial charge in [0.25, 0.3) is 0 Å². The molecule has 5 nitrogen and oxygen atoms in total. The largest absolute Gasteiger partial charge is 0.345 e. The first kappa shape index (κ1) is 11.1. The van der Waals surface area contributed by atoms with E-state index in [0.29, 0.717) is 17.9 Å². The van der Waals surface area contributed by atoms with E-state index >= 15 is 0 Å².